The van der Waals surface area contributed by atoms with Gasteiger partial charge in [-0.15, -0.1) is 0 Å². The fraction of sp³-hybridized carbons (Fsp3) is 0.391. The Morgan fingerprint density at radius 2 is 2.09 bits per heavy atom. The number of ether oxygens (including phenoxy) is 2. The largest absolute Gasteiger partial charge is 0.475 e. The van der Waals surface area contributed by atoms with Crippen LogP contribution in [0.4, 0.5) is 5.69 Å². The molecular weight excluding hydrogens is 410 g/mol. The lowest BCUT2D eigenvalue weighted by Gasteiger charge is -2.21. The van der Waals surface area contributed by atoms with Gasteiger partial charge in [0.25, 0.3) is 0 Å². The van der Waals surface area contributed by atoms with Crippen molar-refractivity contribution in [1.82, 2.24) is 20.0 Å². The second kappa shape index (κ2) is 10.3. The number of carbonyl (C=O) groups is 1. The highest BCUT2D eigenvalue weighted by Gasteiger charge is 2.30. The molecule has 1 saturated heterocycles. The van der Waals surface area contributed by atoms with Crippen LogP contribution in [0.3, 0.4) is 0 Å². The van der Waals surface area contributed by atoms with Crippen LogP contribution >= 0.6 is 0 Å². The Bertz CT molecular complexity index is 1040. The Kier molecular flexibility index (Phi) is 7.08. The van der Waals surface area contributed by atoms with E-state index in [-0.39, 0.29) is 11.9 Å². The average molecular weight is 438 g/mol. The maximum atomic E-state index is 11.2. The van der Waals surface area contributed by atoms with Crippen molar-refractivity contribution < 1.29 is 18.8 Å². The van der Waals surface area contributed by atoms with Gasteiger partial charge in [0.15, 0.2) is 0 Å². The number of amides is 1. The molecule has 1 N–H and O–H groups in total. The van der Waals surface area contributed by atoms with Crippen molar-refractivity contribution in [2.24, 2.45) is 0 Å². The third-order valence-corrected chi connectivity index (χ3v) is 5.28. The van der Waals surface area contributed by atoms with Gasteiger partial charge in [-0.3, -0.25) is 9.69 Å². The van der Waals surface area contributed by atoms with Gasteiger partial charge >= 0.3 is 0 Å². The highest BCUT2D eigenvalue weighted by Crippen LogP contribution is 2.33. The molecule has 32 heavy (non-hydrogen) atoms. The van der Waals surface area contributed by atoms with Gasteiger partial charge in [0, 0.05) is 44.1 Å². The van der Waals surface area contributed by atoms with E-state index < -0.39 is 0 Å². The third-order valence-electron chi connectivity index (χ3n) is 5.28. The number of nitrogens with one attached hydrogen (secondary N) is 1. The molecule has 1 amide bonds. The van der Waals surface area contributed by atoms with Crippen LogP contribution in [0.5, 0.6) is 5.88 Å². The predicted octanol–water partition coefficient (Wildman–Crippen LogP) is 3.45. The van der Waals surface area contributed by atoms with Gasteiger partial charge in [-0.1, -0.05) is 17.3 Å². The summed E-state index contributed by atoms with van der Waals surface area (Å²) in [6.07, 6.45) is 3.70. The van der Waals surface area contributed by atoms with Gasteiger partial charge < -0.3 is 19.3 Å². The Labute approximate surface area is 186 Å². The van der Waals surface area contributed by atoms with Crippen LogP contribution in [0.1, 0.15) is 37.3 Å². The number of carbonyl (C=O) groups excluding carboxylic acids is 1. The molecule has 3 aromatic rings. The number of benzene rings is 1. The van der Waals surface area contributed by atoms with Crippen LogP contribution in [-0.4, -0.2) is 52.8 Å². The summed E-state index contributed by atoms with van der Waals surface area (Å²) in [6, 6.07) is 11.6. The summed E-state index contributed by atoms with van der Waals surface area (Å²) in [6.45, 7) is 4.15. The topological polar surface area (TPSA) is 103 Å². The van der Waals surface area contributed by atoms with Crippen molar-refractivity contribution in [3.63, 3.8) is 0 Å². The lowest BCUT2D eigenvalue weighted by atomic mass is 10.1. The second-order valence-corrected chi connectivity index (χ2v) is 7.69. The van der Waals surface area contributed by atoms with E-state index in [0.29, 0.717) is 30.8 Å². The minimum atomic E-state index is -0.0765. The molecule has 0 saturated carbocycles. The number of hydrogen-bond donors (Lipinski definition) is 1. The zero-order valence-electron chi connectivity index (χ0n) is 18.3. The first-order valence-corrected chi connectivity index (χ1v) is 10.6. The van der Waals surface area contributed by atoms with Crippen LogP contribution in [0, 0.1) is 0 Å². The normalized spacial score (nSPS) is 16.2. The minimum Gasteiger partial charge on any atom is -0.475 e. The average Bonchev–Trinajstić information content (AvgIpc) is 3.45. The maximum absolute atomic E-state index is 11.2. The van der Waals surface area contributed by atoms with Crippen LogP contribution in [0.15, 0.2) is 47.1 Å². The van der Waals surface area contributed by atoms with Gasteiger partial charge in [0.05, 0.1) is 12.6 Å². The summed E-state index contributed by atoms with van der Waals surface area (Å²) in [5.41, 5.74) is 2.75. The number of pyridine rings is 1. The summed E-state index contributed by atoms with van der Waals surface area (Å²) in [4.78, 5) is 22.4. The van der Waals surface area contributed by atoms with E-state index in [1.54, 1.807) is 19.4 Å². The highest BCUT2D eigenvalue weighted by molar-refractivity contribution is 5.88. The number of nitrogens with zero attached hydrogens (tertiary/aromatic N) is 4. The molecular formula is C23H27N5O4. The summed E-state index contributed by atoms with van der Waals surface area (Å²) in [5, 5.41) is 6.98. The molecule has 1 aliphatic rings. The molecule has 0 aliphatic carbocycles. The second-order valence-electron chi connectivity index (χ2n) is 7.69. The van der Waals surface area contributed by atoms with E-state index in [1.165, 1.54) is 6.92 Å². The lowest BCUT2D eigenvalue weighted by Crippen LogP contribution is -2.23. The molecule has 2 aromatic heterocycles. The first kappa shape index (κ1) is 21.9. The minimum absolute atomic E-state index is 0.0746. The van der Waals surface area contributed by atoms with E-state index in [9.17, 15) is 4.79 Å². The zero-order chi connectivity index (χ0) is 22.3. The number of hydrogen-bond acceptors (Lipinski definition) is 8. The van der Waals surface area contributed by atoms with Crippen LogP contribution in [-0.2, 0) is 16.1 Å². The summed E-state index contributed by atoms with van der Waals surface area (Å²) < 4.78 is 16.2. The van der Waals surface area contributed by atoms with Gasteiger partial charge in [0.1, 0.15) is 6.61 Å². The quantitative estimate of drug-likeness (QED) is 0.508. The number of aromatic nitrogens is 3. The summed E-state index contributed by atoms with van der Waals surface area (Å²) in [7, 11) is 1.63. The van der Waals surface area contributed by atoms with Crippen molar-refractivity contribution in [2.45, 2.75) is 32.4 Å². The number of methoxy groups -OCH3 is 1. The molecule has 1 aromatic carbocycles. The number of likely N-dealkylation sites (tertiary alicyclic amines) is 1. The molecule has 1 atom stereocenters. The van der Waals surface area contributed by atoms with Crippen LogP contribution in [0.25, 0.3) is 11.4 Å². The van der Waals surface area contributed by atoms with E-state index in [1.807, 2.05) is 30.3 Å². The molecule has 168 valence electrons. The Balaban J connectivity index is 1.43. The fourth-order valence-electron chi connectivity index (χ4n) is 3.77. The highest BCUT2D eigenvalue weighted by atomic mass is 16.5. The first-order valence-electron chi connectivity index (χ1n) is 10.6. The molecule has 9 heteroatoms. The number of anilines is 1. The Morgan fingerprint density at radius 1 is 1.25 bits per heavy atom. The molecule has 0 unspecified atom stereocenters. The fourth-order valence-corrected chi connectivity index (χ4v) is 3.77. The molecule has 1 fully saturated rings. The van der Waals surface area contributed by atoms with Crippen molar-refractivity contribution in [3.8, 4) is 17.3 Å². The Hall–Kier alpha value is -3.30. The standard InChI is InChI=1S/C23H27N5O4/c1-16(29)25-19-7-5-17(6-8-19)15-28-11-3-4-20(28)23-26-22(27-32-23)18-9-10-24-21(14-18)31-13-12-30-2/h5-10,14,20H,3-4,11-13,15H2,1-2H3,(H,25,29)/t20-/m0/s1. The molecule has 0 radical (unpaired) electrons. The van der Waals surface area contributed by atoms with Crippen molar-refractivity contribution in [2.75, 3.05) is 32.2 Å². The molecule has 4 rings (SSSR count). The maximum Gasteiger partial charge on any atom is 0.244 e. The predicted molar refractivity (Wildman–Crippen MR) is 118 cm³/mol. The van der Waals surface area contributed by atoms with Crippen molar-refractivity contribution in [3.05, 3.63) is 54.0 Å². The van der Waals surface area contributed by atoms with E-state index >= 15 is 0 Å². The van der Waals surface area contributed by atoms with E-state index in [4.69, 9.17) is 14.0 Å². The van der Waals surface area contributed by atoms with Crippen LogP contribution < -0.4 is 10.1 Å². The smallest absolute Gasteiger partial charge is 0.244 e. The molecule has 1 aliphatic heterocycles. The van der Waals surface area contributed by atoms with E-state index in [2.05, 4.69) is 25.3 Å². The third kappa shape index (κ3) is 5.49. The zero-order valence-corrected chi connectivity index (χ0v) is 18.3. The van der Waals surface area contributed by atoms with Gasteiger partial charge in [-0.2, -0.15) is 4.98 Å². The van der Waals surface area contributed by atoms with Crippen LogP contribution in [0.2, 0.25) is 0 Å². The lowest BCUT2D eigenvalue weighted by molar-refractivity contribution is -0.114. The Morgan fingerprint density at radius 3 is 2.88 bits per heavy atom. The number of rotatable bonds is 9. The summed E-state index contributed by atoms with van der Waals surface area (Å²) >= 11 is 0. The summed E-state index contributed by atoms with van der Waals surface area (Å²) in [5.74, 6) is 1.56. The molecule has 9 nitrogen and oxygen atoms in total. The van der Waals surface area contributed by atoms with Crippen molar-refractivity contribution >= 4 is 11.6 Å². The van der Waals surface area contributed by atoms with Gasteiger partial charge in [-0.05, 0) is 43.1 Å². The van der Waals surface area contributed by atoms with Gasteiger partial charge in [-0.25, -0.2) is 4.98 Å². The SMILES string of the molecule is COCCOc1cc(-c2noc([C@@H]3CCCN3Cc3ccc(NC(C)=O)cc3)n2)ccn1. The molecule has 0 bridgehead atoms. The van der Waals surface area contributed by atoms with Gasteiger partial charge in [0.2, 0.25) is 23.5 Å². The first-order chi connectivity index (χ1) is 15.6. The monoisotopic (exact) mass is 437 g/mol. The molecule has 0 spiro atoms. The molecule has 3 heterocycles. The van der Waals surface area contributed by atoms with Crippen molar-refractivity contribution in [1.29, 1.82) is 0 Å². The van der Waals surface area contributed by atoms with E-state index in [0.717, 1.165) is 42.7 Å².